The number of piperidine rings is 1. The summed E-state index contributed by atoms with van der Waals surface area (Å²) in [5.74, 6) is -1.81. The summed E-state index contributed by atoms with van der Waals surface area (Å²) in [5, 5.41) is 125. The molecule has 0 amide bonds. The van der Waals surface area contributed by atoms with Gasteiger partial charge < -0.3 is 26.6 Å². The third-order valence-corrected chi connectivity index (χ3v) is 31.1. The molecule has 54 nitrogen and oxygen atoms in total. The smallest absolute Gasteiger partial charge is 0.277 e. The molecule has 69 heteroatoms. The average Bonchev–Trinajstić information content (AvgIpc) is 1.36. The van der Waals surface area contributed by atoms with Crippen molar-refractivity contribution in [3.63, 3.8) is 0 Å². The van der Waals surface area contributed by atoms with Crippen LogP contribution in [0.3, 0.4) is 0 Å². The van der Waals surface area contributed by atoms with Crippen molar-refractivity contribution < 1.29 is 113 Å². The molecular formula is C75H94Br5F5N34O20S5. The number of nitrogens with one attached hydrogen (secondary N) is 10. The van der Waals surface area contributed by atoms with Crippen LogP contribution in [0.1, 0.15) is 125 Å². The van der Waals surface area contributed by atoms with Crippen molar-refractivity contribution in [1.82, 2.24) is 96.2 Å². The Bertz CT molecular complexity index is 6830. The van der Waals surface area contributed by atoms with Crippen molar-refractivity contribution >= 4 is 217 Å². The standard InChI is InChI=1S/C17H22BrFN6O4S.2C15H19BrFN7O4S.2C14H17BrFN7O4S/c18-12-9-11(5-6-13(12)19)22-17(23-26)15-16(25-29-24-15)21-8-7-10-3-1-2-4-14(10)30(20,27)28;16-11-8-9(3-4-12(11)17)20-15(21-25)13-14(23-28-22-13)19-6-5-10-2-1-7-24(10)29(18,26)27;16-11-7-9(4-5-12(11)17)20-15(21-25)13-14(23-28-22-13)19-8-10-3-1-2-6-24(10)29(18,26)27;15-10-7-8(1-2-11(10)16)19-14(20-24)12-13(22-27-21-12)18-5-3-9-4-6-23(9)28(17,25)26;15-10-6-8(3-4-11(10)16)19-14(20-24)12-13(22-27-21-12)18-7-9-2-1-5-23(9)28(17,25)26/h5-6,9-10,14,26H,1-4,7-8H2,(H,21,25)(H,22,23)(H2,20,27,28);3-4,8,10,25H,1-2,5-7H2,(H,19,23)(H,20,21)(H2,18,26,27);4-5,7,10,25H,1-3,6,8H2,(H,19,23)(H,20,21)(H2,18,26,27);1-2,7,9,24H,3-6H2,(H,18,22)(H,19,20)(H2,17,25,26);3-4,6,9,24H,1-2,5,7H2,(H,18,22)(H,19,20)(H2,17,25,26). The van der Waals surface area contributed by atoms with Gasteiger partial charge in [0.1, 0.15) is 29.1 Å². The number of aromatic nitrogens is 10. The molecule has 0 bridgehead atoms. The van der Waals surface area contributed by atoms with Crippen LogP contribution in [0.25, 0.3) is 0 Å². The number of benzene rings is 5. The van der Waals surface area contributed by atoms with Gasteiger partial charge in [-0.05, 0) is 305 Å². The quantitative estimate of drug-likeness (QED) is 0.00804. The number of nitrogens with two attached hydrogens (primary N) is 5. The second-order valence-corrected chi connectivity index (χ2v) is 43.6. The topological polar surface area (TPSA) is 792 Å². The number of aliphatic imine (C=N–C) groups is 5. The van der Waals surface area contributed by atoms with E-state index in [1.807, 2.05) is 27.4 Å². The summed E-state index contributed by atoms with van der Waals surface area (Å²) in [4.78, 5) is 20.8. The van der Waals surface area contributed by atoms with E-state index < -0.39 is 85.2 Å². The molecule has 15 rings (SSSR count). The SMILES string of the molecule is NS(=O)(=O)C1CCCCC1CCNc1nonc1C(=Nc1ccc(F)c(Br)c1)NO.NS(=O)(=O)N1CCC1CCNc1nonc1C(=Nc1ccc(F)c(Br)c1)NO.NS(=O)(=O)N1CCCC1CCNc1nonc1C(=Nc1ccc(F)c(Br)c1)NO.NS(=O)(=O)N1CCCC1CNc1nonc1C(=Nc1ccc(F)c(Br)c1)NO.NS(=O)(=O)N1CCCCC1CNc1nonc1C(=Nc1ccc(F)c(Br)c1)NO. The average molecular weight is 2450 g/mol. The van der Waals surface area contributed by atoms with Crippen LogP contribution < -0.4 is 79.7 Å². The Morgan fingerprint density at radius 1 is 0.326 bits per heavy atom. The maximum atomic E-state index is 13.4. The van der Waals surface area contributed by atoms with Gasteiger partial charge in [-0.1, -0.05) is 19.3 Å². The maximum absolute atomic E-state index is 13.4. The van der Waals surface area contributed by atoms with Gasteiger partial charge in [-0.15, -0.1) is 0 Å². The predicted molar refractivity (Wildman–Crippen MR) is 524 cm³/mol. The van der Waals surface area contributed by atoms with E-state index in [2.05, 4.69) is 183 Å². The van der Waals surface area contributed by atoms with Crippen LogP contribution in [0, 0.1) is 35.0 Å². The fraction of sp³-hybridized carbons (Fsp3) is 0.400. The lowest BCUT2D eigenvalue weighted by atomic mass is 9.86. The minimum atomic E-state index is -3.82. The molecule has 1 aliphatic carbocycles. The van der Waals surface area contributed by atoms with Gasteiger partial charge in [-0.2, -0.15) is 50.9 Å². The summed E-state index contributed by atoms with van der Waals surface area (Å²) in [6, 6.07) is 19.1. The molecule has 0 spiro atoms. The lowest BCUT2D eigenvalue weighted by Gasteiger charge is -2.38. The fourth-order valence-electron chi connectivity index (χ4n) is 15.2. The van der Waals surface area contributed by atoms with Crippen molar-refractivity contribution in [2.24, 2.45) is 56.6 Å². The number of sulfonamides is 1. The van der Waals surface area contributed by atoms with Crippen LogP contribution in [0.2, 0.25) is 0 Å². The number of halogens is 10. The zero-order chi connectivity index (χ0) is 104. The first-order chi connectivity index (χ1) is 68.5. The number of hydroxylamine groups is 5. The lowest BCUT2D eigenvalue weighted by molar-refractivity contribution is 0.192. The number of anilines is 5. The highest BCUT2D eigenvalue weighted by atomic mass is 79.9. The van der Waals surface area contributed by atoms with E-state index in [1.165, 1.54) is 108 Å². The van der Waals surface area contributed by atoms with Crippen LogP contribution in [0.4, 0.5) is 79.5 Å². The summed E-state index contributed by atoms with van der Waals surface area (Å²) in [6.45, 7) is 3.03. The molecule has 6 atom stereocenters. The van der Waals surface area contributed by atoms with Crippen molar-refractivity contribution in [3.05, 3.63) is 171 Å². The number of rotatable bonds is 33. The molecule has 784 valence electrons. The molecule has 144 heavy (non-hydrogen) atoms. The van der Waals surface area contributed by atoms with Crippen LogP contribution >= 0.6 is 79.6 Å². The van der Waals surface area contributed by atoms with Crippen LogP contribution in [0.15, 0.2) is 161 Å². The van der Waals surface area contributed by atoms with E-state index >= 15 is 0 Å². The van der Waals surface area contributed by atoms with Gasteiger partial charge in [0, 0.05) is 83.1 Å². The van der Waals surface area contributed by atoms with Gasteiger partial charge in [0.2, 0.25) is 39.1 Å². The van der Waals surface area contributed by atoms with Gasteiger partial charge in [-0.25, -0.2) is 104 Å². The molecule has 4 aliphatic heterocycles. The zero-order valence-electron chi connectivity index (χ0n) is 74.7. The molecule has 10 aromatic rings. The third kappa shape index (κ3) is 32.2. The van der Waals surface area contributed by atoms with Crippen LogP contribution in [0.5, 0.6) is 0 Å². The number of nitrogens with zero attached hydrogens (tertiary/aromatic N) is 19. The Labute approximate surface area is 858 Å². The van der Waals surface area contributed by atoms with E-state index in [0.29, 0.717) is 132 Å². The minimum absolute atomic E-state index is 0.0507. The lowest BCUT2D eigenvalue weighted by Crippen LogP contribution is -2.54. The monoisotopic (exact) mass is 2440 g/mol. The fourth-order valence-corrected chi connectivity index (χ4v) is 22.3. The van der Waals surface area contributed by atoms with E-state index in [1.54, 1.807) is 0 Å². The van der Waals surface area contributed by atoms with Crippen LogP contribution in [-0.4, -0.2) is 254 Å². The van der Waals surface area contributed by atoms with Gasteiger partial charge >= 0.3 is 0 Å². The first-order valence-electron chi connectivity index (χ1n) is 42.7. The van der Waals surface area contributed by atoms with Crippen molar-refractivity contribution in [2.75, 3.05) is 85.5 Å². The highest BCUT2D eigenvalue weighted by Gasteiger charge is 2.39. The predicted octanol–water partition coefficient (Wildman–Crippen LogP) is 7.89. The van der Waals surface area contributed by atoms with Gasteiger partial charge in [0.05, 0.1) is 56.1 Å². The Morgan fingerprint density at radius 3 is 0.854 bits per heavy atom. The third-order valence-electron chi connectivity index (χ3n) is 22.1. The Hall–Kier alpha value is -10.6. The second kappa shape index (κ2) is 52.6. The largest absolute Gasteiger partial charge is 0.365 e. The zero-order valence-corrected chi connectivity index (χ0v) is 86.7. The molecule has 0 radical (unpaired) electrons. The van der Waals surface area contributed by atoms with E-state index in [-0.39, 0.29) is 152 Å². The first kappa shape index (κ1) is 114. The number of hydrogen-bond donors (Lipinski definition) is 20. The highest BCUT2D eigenvalue weighted by Crippen LogP contribution is 2.35. The second-order valence-electron chi connectivity index (χ2n) is 31.5. The van der Waals surface area contributed by atoms with E-state index in [9.17, 15) is 90.1 Å². The van der Waals surface area contributed by atoms with Crippen molar-refractivity contribution in [2.45, 2.75) is 126 Å². The molecule has 6 unspecified atom stereocenters. The Morgan fingerprint density at radius 2 is 0.576 bits per heavy atom. The van der Waals surface area contributed by atoms with Crippen molar-refractivity contribution in [3.8, 4) is 0 Å². The maximum Gasteiger partial charge on any atom is 0.277 e. The van der Waals surface area contributed by atoms with E-state index in [4.69, 9.17) is 48.8 Å². The summed E-state index contributed by atoms with van der Waals surface area (Å²) >= 11 is 15.3. The molecule has 9 heterocycles. The molecule has 5 aromatic heterocycles. The summed E-state index contributed by atoms with van der Waals surface area (Å²) < 4.78 is 213. The number of hydrogen-bond acceptors (Lipinski definition) is 40. The highest BCUT2D eigenvalue weighted by molar-refractivity contribution is 9.11. The molecule has 1 saturated carbocycles. The van der Waals surface area contributed by atoms with Gasteiger partial charge in [0.15, 0.2) is 57.6 Å². The molecule has 25 N–H and O–H groups in total. The number of amidine groups is 5. The van der Waals surface area contributed by atoms with Crippen molar-refractivity contribution in [1.29, 1.82) is 0 Å². The summed E-state index contributed by atoms with van der Waals surface area (Å²) in [5.41, 5.74) is 11.7. The summed E-state index contributed by atoms with van der Waals surface area (Å²) in [7, 11) is -18.7. The Balaban J connectivity index is 0.000000172. The minimum Gasteiger partial charge on any atom is -0.365 e. The first-order valence-corrected chi connectivity index (χ1v) is 54.3. The van der Waals surface area contributed by atoms with Gasteiger partial charge in [-0.3, -0.25) is 53.4 Å². The number of primary sulfonamides is 1. The Kier molecular flexibility index (Phi) is 41.6. The van der Waals surface area contributed by atoms with E-state index in [0.717, 1.165) is 38.5 Å². The summed E-state index contributed by atoms with van der Waals surface area (Å²) in [6.07, 6.45) is 10.5. The molecule has 5 aromatic carbocycles. The normalized spacial score (nSPS) is 18.7. The molecule has 5 aliphatic rings. The van der Waals surface area contributed by atoms with Crippen LogP contribution in [-0.2, 0) is 50.9 Å². The molecular weight excluding hydrogens is 2350 g/mol. The van der Waals surface area contributed by atoms with Gasteiger partial charge in [0.25, 0.3) is 40.8 Å². The molecule has 5 fully saturated rings. The molecule has 4 saturated heterocycles.